The van der Waals surface area contributed by atoms with Gasteiger partial charge >= 0.3 is 0 Å². The van der Waals surface area contributed by atoms with Gasteiger partial charge in [0.15, 0.2) is 0 Å². The van der Waals surface area contributed by atoms with Gasteiger partial charge in [-0.15, -0.1) is 0 Å². The summed E-state index contributed by atoms with van der Waals surface area (Å²) in [6, 6.07) is 0.824. The number of likely N-dealkylation sites (N-methyl/N-ethyl adjacent to an activating group) is 1. The van der Waals surface area contributed by atoms with Crippen LogP contribution >= 0.6 is 0 Å². The number of nitrogens with zero attached hydrogens (tertiary/aromatic N) is 1. The molecule has 2 aliphatic rings. The predicted octanol–water partition coefficient (Wildman–Crippen LogP) is 2.02. The lowest BCUT2D eigenvalue weighted by Gasteiger charge is -2.40. The van der Waals surface area contributed by atoms with Gasteiger partial charge in [-0.25, -0.2) is 0 Å². The molecule has 0 radical (unpaired) electrons. The monoisotopic (exact) mass is 240 g/mol. The molecule has 3 heteroatoms. The Morgan fingerprint density at radius 1 is 1.24 bits per heavy atom. The third kappa shape index (κ3) is 3.67. The molecule has 0 spiro atoms. The maximum absolute atomic E-state index is 5.98. The van der Waals surface area contributed by atoms with E-state index in [1.165, 1.54) is 38.6 Å². The molecule has 2 fully saturated rings. The fourth-order valence-corrected chi connectivity index (χ4v) is 3.03. The van der Waals surface area contributed by atoms with Gasteiger partial charge < -0.3 is 10.1 Å². The average molecular weight is 240 g/mol. The lowest BCUT2D eigenvalue weighted by atomic mass is 9.94. The van der Waals surface area contributed by atoms with Crippen LogP contribution in [-0.4, -0.2) is 49.3 Å². The van der Waals surface area contributed by atoms with Crippen LogP contribution in [0.25, 0.3) is 0 Å². The Morgan fingerprint density at radius 3 is 2.47 bits per heavy atom. The highest BCUT2D eigenvalue weighted by molar-refractivity contribution is 4.90. The standard InChI is InChI=1S/C14H28N2O/c1-3-16(13-7-5-4-6-8-13)9-10-17-14(2)11-15-12-14/h13,15H,3-12H2,1-2H3. The molecule has 17 heavy (non-hydrogen) atoms. The second kappa shape index (κ2) is 6.17. The number of hydrogen-bond acceptors (Lipinski definition) is 3. The van der Waals surface area contributed by atoms with Gasteiger partial charge in [0.25, 0.3) is 0 Å². The van der Waals surface area contributed by atoms with Gasteiger partial charge in [-0.1, -0.05) is 26.2 Å². The highest BCUT2D eigenvalue weighted by Crippen LogP contribution is 2.22. The summed E-state index contributed by atoms with van der Waals surface area (Å²) < 4.78 is 5.98. The van der Waals surface area contributed by atoms with E-state index in [1.54, 1.807) is 0 Å². The quantitative estimate of drug-likeness (QED) is 0.769. The molecule has 0 bridgehead atoms. The van der Waals surface area contributed by atoms with E-state index in [9.17, 15) is 0 Å². The van der Waals surface area contributed by atoms with E-state index in [-0.39, 0.29) is 5.60 Å². The lowest BCUT2D eigenvalue weighted by Crippen LogP contribution is -2.59. The van der Waals surface area contributed by atoms with Gasteiger partial charge in [0.2, 0.25) is 0 Å². The average Bonchev–Trinajstić information content (AvgIpc) is 2.33. The molecule has 1 heterocycles. The molecule has 0 atom stereocenters. The van der Waals surface area contributed by atoms with Crippen molar-refractivity contribution >= 4 is 0 Å². The Labute approximate surface area is 106 Å². The molecule has 100 valence electrons. The van der Waals surface area contributed by atoms with Crippen LogP contribution in [0.1, 0.15) is 46.0 Å². The van der Waals surface area contributed by atoms with E-state index >= 15 is 0 Å². The zero-order valence-electron chi connectivity index (χ0n) is 11.5. The normalized spacial score (nSPS) is 24.9. The molecule has 3 nitrogen and oxygen atoms in total. The van der Waals surface area contributed by atoms with Crippen molar-refractivity contribution in [3.05, 3.63) is 0 Å². The molecule has 1 aliphatic heterocycles. The van der Waals surface area contributed by atoms with Crippen molar-refractivity contribution in [2.75, 3.05) is 32.8 Å². The first-order valence-electron chi connectivity index (χ1n) is 7.32. The van der Waals surface area contributed by atoms with Crippen molar-refractivity contribution in [1.82, 2.24) is 10.2 Å². The summed E-state index contributed by atoms with van der Waals surface area (Å²) in [4.78, 5) is 2.62. The Bertz CT molecular complexity index is 222. The topological polar surface area (TPSA) is 24.5 Å². The zero-order chi connectivity index (χ0) is 12.1. The van der Waals surface area contributed by atoms with Crippen molar-refractivity contribution in [2.45, 2.75) is 57.6 Å². The second-order valence-electron chi connectivity index (χ2n) is 5.82. The Balaban J connectivity index is 1.67. The fraction of sp³-hybridized carbons (Fsp3) is 1.00. The van der Waals surface area contributed by atoms with Crippen molar-refractivity contribution in [3.8, 4) is 0 Å². The lowest BCUT2D eigenvalue weighted by molar-refractivity contribution is -0.0749. The zero-order valence-corrected chi connectivity index (χ0v) is 11.5. The highest BCUT2D eigenvalue weighted by Gasteiger charge is 2.32. The smallest absolute Gasteiger partial charge is 0.0902 e. The molecule has 0 aromatic carbocycles. The van der Waals surface area contributed by atoms with Crippen LogP contribution in [0.4, 0.5) is 0 Å². The first-order chi connectivity index (χ1) is 8.23. The molecule has 1 saturated carbocycles. The summed E-state index contributed by atoms with van der Waals surface area (Å²) in [6.45, 7) is 9.69. The Hall–Kier alpha value is -0.120. The minimum absolute atomic E-state index is 0.117. The van der Waals surface area contributed by atoms with Crippen LogP contribution in [0.3, 0.4) is 0 Å². The minimum Gasteiger partial charge on any atom is -0.371 e. The summed E-state index contributed by atoms with van der Waals surface area (Å²) in [5, 5.41) is 3.28. The molecule has 0 amide bonds. The third-order valence-electron chi connectivity index (χ3n) is 4.32. The summed E-state index contributed by atoms with van der Waals surface area (Å²) in [6.07, 6.45) is 7.07. The number of rotatable bonds is 6. The fourth-order valence-electron chi connectivity index (χ4n) is 3.03. The Kier molecular flexibility index (Phi) is 4.83. The highest BCUT2D eigenvalue weighted by atomic mass is 16.5. The van der Waals surface area contributed by atoms with Crippen molar-refractivity contribution in [1.29, 1.82) is 0 Å². The van der Waals surface area contributed by atoms with E-state index in [2.05, 4.69) is 24.1 Å². The van der Waals surface area contributed by atoms with Crippen LogP contribution in [0, 0.1) is 0 Å². The van der Waals surface area contributed by atoms with Crippen LogP contribution in [0.2, 0.25) is 0 Å². The van der Waals surface area contributed by atoms with Crippen LogP contribution in [0.5, 0.6) is 0 Å². The maximum Gasteiger partial charge on any atom is 0.0902 e. The summed E-state index contributed by atoms with van der Waals surface area (Å²) >= 11 is 0. The molecule has 1 saturated heterocycles. The first-order valence-corrected chi connectivity index (χ1v) is 7.32. The van der Waals surface area contributed by atoms with Crippen molar-refractivity contribution in [2.24, 2.45) is 0 Å². The van der Waals surface area contributed by atoms with Gasteiger partial charge in [-0.3, -0.25) is 4.90 Å². The summed E-state index contributed by atoms with van der Waals surface area (Å²) in [5.41, 5.74) is 0.117. The van der Waals surface area contributed by atoms with Gasteiger partial charge in [0.05, 0.1) is 12.2 Å². The van der Waals surface area contributed by atoms with Gasteiger partial charge in [0.1, 0.15) is 0 Å². The summed E-state index contributed by atoms with van der Waals surface area (Å²) in [7, 11) is 0. The predicted molar refractivity (Wildman–Crippen MR) is 71.3 cm³/mol. The molecule has 1 aliphatic carbocycles. The van der Waals surface area contributed by atoms with E-state index in [0.29, 0.717) is 0 Å². The summed E-state index contributed by atoms with van der Waals surface area (Å²) in [5.74, 6) is 0. The van der Waals surface area contributed by atoms with Crippen molar-refractivity contribution < 1.29 is 4.74 Å². The van der Waals surface area contributed by atoms with E-state index in [1.807, 2.05) is 0 Å². The van der Waals surface area contributed by atoms with Crippen LogP contribution in [0.15, 0.2) is 0 Å². The van der Waals surface area contributed by atoms with Crippen molar-refractivity contribution in [3.63, 3.8) is 0 Å². The molecule has 2 rings (SSSR count). The van der Waals surface area contributed by atoms with Gasteiger partial charge in [0, 0.05) is 25.7 Å². The molecular weight excluding hydrogens is 212 g/mol. The van der Waals surface area contributed by atoms with E-state index in [4.69, 9.17) is 4.74 Å². The molecule has 0 aromatic heterocycles. The largest absolute Gasteiger partial charge is 0.371 e. The van der Waals surface area contributed by atoms with Gasteiger partial charge in [-0.05, 0) is 26.3 Å². The Morgan fingerprint density at radius 2 is 1.94 bits per heavy atom. The van der Waals surface area contributed by atoms with Crippen LogP contribution < -0.4 is 5.32 Å². The SMILES string of the molecule is CCN(CCOC1(C)CNC1)C1CCCCC1. The first kappa shape index (κ1) is 13.3. The second-order valence-corrected chi connectivity index (χ2v) is 5.82. The number of ether oxygens (including phenoxy) is 1. The van der Waals surface area contributed by atoms with Gasteiger partial charge in [-0.2, -0.15) is 0 Å². The van der Waals surface area contributed by atoms with Crippen LogP contribution in [-0.2, 0) is 4.74 Å². The number of hydrogen-bond donors (Lipinski definition) is 1. The molecule has 0 unspecified atom stereocenters. The minimum atomic E-state index is 0.117. The third-order valence-corrected chi connectivity index (χ3v) is 4.32. The molecular formula is C14H28N2O. The maximum atomic E-state index is 5.98. The number of nitrogens with one attached hydrogen (secondary N) is 1. The van der Waals surface area contributed by atoms with E-state index in [0.717, 1.165) is 32.3 Å². The molecule has 0 aromatic rings. The molecule has 1 N–H and O–H groups in total. The van der Waals surface area contributed by atoms with E-state index < -0.39 is 0 Å².